The van der Waals surface area contributed by atoms with Crippen molar-refractivity contribution in [3.8, 4) is 0 Å². The van der Waals surface area contributed by atoms with Crippen LogP contribution in [0.15, 0.2) is 43.0 Å². The minimum absolute atomic E-state index is 0.804. The fraction of sp³-hybridized carbons (Fsp3) is 0.312. The van der Waals surface area contributed by atoms with Crippen LogP contribution >= 0.6 is 11.6 Å². The Bertz CT molecular complexity index is 817. The summed E-state index contributed by atoms with van der Waals surface area (Å²) in [5.41, 5.74) is 1.91. The minimum atomic E-state index is 0.804. The van der Waals surface area contributed by atoms with Crippen molar-refractivity contribution < 1.29 is 0 Å². The van der Waals surface area contributed by atoms with Crippen molar-refractivity contribution in [2.24, 2.45) is 0 Å². The molecule has 0 radical (unpaired) electrons. The molecular formula is C16H17ClN6. The maximum absolute atomic E-state index is 6.34. The average Bonchev–Trinajstić information content (AvgIpc) is 2.93. The lowest BCUT2D eigenvalue weighted by Crippen LogP contribution is -2.31. The molecule has 118 valence electrons. The molecule has 1 fully saturated rings. The predicted molar refractivity (Wildman–Crippen MR) is 91.3 cm³/mol. The number of anilines is 2. The third kappa shape index (κ3) is 2.70. The highest BCUT2D eigenvalue weighted by atomic mass is 35.5. The summed E-state index contributed by atoms with van der Waals surface area (Å²) in [6, 6.07) is 8.02. The Morgan fingerprint density at radius 2 is 1.83 bits per heavy atom. The van der Waals surface area contributed by atoms with Gasteiger partial charge in [0, 0.05) is 38.6 Å². The molecule has 1 aromatic carbocycles. The lowest BCUT2D eigenvalue weighted by Gasteiger charge is -2.24. The molecule has 0 unspecified atom stereocenters. The predicted octanol–water partition coefficient (Wildman–Crippen LogP) is 2.49. The first-order chi connectivity index (χ1) is 11.3. The summed E-state index contributed by atoms with van der Waals surface area (Å²) in [6.45, 7) is 3.71. The van der Waals surface area contributed by atoms with Crippen LogP contribution in [0.1, 0.15) is 6.42 Å². The Balaban J connectivity index is 1.58. The number of para-hydroxylation sites is 1. The maximum atomic E-state index is 6.34. The van der Waals surface area contributed by atoms with Gasteiger partial charge in [-0.05, 0) is 18.6 Å². The SMILES string of the molecule is Clc1ccccc1N1CCCN(c2nccn3cnnc23)CC1. The third-order valence-electron chi connectivity index (χ3n) is 4.19. The van der Waals surface area contributed by atoms with E-state index in [0.29, 0.717) is 0 Å². The number of halogens is 1. The monoisotopic (exact) mass is 328 g/mol. The van der Waals surface area contributed by atoms with Crippen molar-refractivity contribution in [2.45, 2.75) is 6.42 Å². The van der Waals surface area contributed by atoms with E-state index in [4.69, 9.17) is 11.6 Å². The van der Waals surface area contributed by atoms with E-state index in [0.717, 1.165) is 54.8 Å². The van der Waals surface area contributed by atoms with E-state index >= 15 is 0 Å². The molecule has 1 aliphatic rings. The van der Waals surface area contributed by atoms with Gasteiger partial charge in [0.2, 0.25) is 5.65 Å². The van der Waals surface area contributed by atoms with Gasteiger partial charge in [0.1, 0.15) is 6.33 Å². The van der Waals surface area contributed by atoms with E-state index in [-0.39, 0.29) is 0 Å². The van der Waals surface area contributed by atoms with Crippen LogP contribution in [0.4, 0.5) is 11.5 Å². The largest absolute Gasteiger partial charge is 0.368 e. The summed E-state index contributed by atoms with van der Waals surface area (Å²) >= 11 is 6.34. The van der Waals surface area contributed by atoms with Gasteiger partial charge in [0.15, 0.2) is 5.82 Å². The van der Waals surface area contributed by atoms with Crippen molar-refractivity contribution in [2.75, 3.05) is 36.0 Å². The highest BCUT2D eigenvalue weighted by Crippen LogP contribution is 2.27. The molecule has 0 N–H and O–H groups in total. The fourth-order valence-electron chi connectivity index (χ4n) is 3.05. The Morgan fingerprint density at radius 1 is 1.00 bits per heavy atom. The molecular weight excluding hydrogens is 312 g/mol. The molecule has 0 bridgehead atoms. The molecule has 0 aliphatic carbocycles. The van der Waals surface area contributed by atoms with Gasteiger partial charge in [-0.25, -0.2) is 4.98 Å². The van der Waals surface area contributed by atoms with E-state index in [9.17, 15) is 0 Å². The summed E-state index contributed by atoms with van der Waals surface area (Å²) in [6.07, 6.45) is 6.41. The zero-order valence-electron chi connectivity index (χ0n) is 12.6. The van der Waals surface area contributed by atoms with Crippen LogP contribution in [-0.4, -0.2) is 45.8 Å². The van der Waals surface area contributed by atoms with Crippen LogP contribution in [0.3, 0.4) is 0 Å². The van der Waals surface area contributed by atoms with E-state index < -0.39 is 0 Å². The van der Waals surface area contributed by atoms with Crippen LogP contribution in [0.5, 0.6) is 0 Å². The molecule has 23 heavy (non-hydrogen) atoms. The van der Waals surface area contributed by atoms with Crippen LogP contribution in [0.25, 0.3) is 5.65 Å². The molecule has 3 heterocycles. The van der Waals surface area contributed by atoms with Gasteiger partial charge in [-0.3, -0.25) is 4.40 Å². The van der Waals surface area contributed by atoms with Crippen LogP contribution in [-0.2, 0) is 0 Å². The zero-order valence-corrected chi connectivity index (χ0v) is 13.4. The summed E-state index contributed by atoms with van der Waals surface area (Å²) in [4.78, 5) is 9.14. The lowest BCUT2D eigenvalue weighted by molar-refractivity contribution is 0.796. The second-order valence-corrected chi connectivity index (χ2v) is 6.00. The van der Waals surface area contributed by atoms with E-state index in [1.807, 2.05) is 28.8 Å². The quantitative estimate of drug-likeness (QED) is 0.723. The highest BCUT2D eigenvalue weighted by molar-refractivity contribution is 6.33. The van der Waals surface area contributed by atoms with Gasteiger partial charge in [0.05, 0.1) is 10.7 Å². The number of hydrogen-bond donors (Lipinski definition) is 0. The summed E-state index contributed by atoms with van der Waals surface area (Å²) < 4.78 is 1.90. The number of hydrogen-bond acceptors (Lipinski definition) is 5. The van der Waals surface area contributed by atoms with Gasteiger partial charge in [-0.2, -0.15) is 0 Å². The molecule has 7 heteroatoms. The normalized spacial score (nSPS) is 15.9. The highest BCUT2D eigenvalue weighted by Gasteiger charge is 2.20. The Morgan fingerprint density at radius 3 is 2.74 bits per heavy atom. The first kappa shape index (κ1) is 14.3. The standard InChI is InChI=1S/C16H17ClN6/c17-13-4-1-2-5-14(13)21-7-3-8-22(11-10-21)15-16-20-19-12-23(16)9-6-18-15/h1-2,4-6,9,12H,3,7-8,10-11H2. The average molecular weight is 329 g/mol. The van der Waals surface area contributed by atoms with Crippen molar-refractivity contribution in [3.05, 3.63) is 48.0 Å². The van der Waals surface area contributed by atoms with Crippen molar-refractivity contribution in [1.82, 2.24) is 19.6 Å². The Hall–Kier alpha value is -2.34. The van der Waals surface area contributed by atoms with Crippen molar-refractivity contribution in [1.29, 1.82) is 0 Å². The summed E-state index contributed by atoms with van der Waals surface area (Å²) in [5, 5.41) is 8.97. The van der Waals surface area contributed by atoms with Crippen molar-refractivity contribution in [3.63, 3.8) is 0 Å². The molecule has 1 aliphatic heterocycles. The van der Waals surface area contributed by atoms with Gasteiger partial charge in [0.25, 0.3) is 0 Å². The smallest absolute Gasteiger partial charge is 0.203 e. The van der Waals surface area contributed by atoms with E-state index in [1.165, 1.54) is 0 Å². The molecule has 1 saturated heterocycles. The van der Waals surface area contributed by atoms with Gasteiger partial charge < -0.3 is 9.80 Å². The second-order valence-electron chi connectivity index (χ2n) is 5.59. The second kappa shape index (κ2) is 6.04. The molecule has 2 aromatic heterocycles. The van der Waals surface area contributed by atoms with Crippen LogP contribution in [0, 0.1) is 0 Å². The Kier molecular flexibility index (Phi) is 3.75. The fourth-order valence-corrected chi connectivity index (χ4v) is 3.30. The third-order valence-corrected chi connectivity index (χ3v) is 4.51. The number of benzene rings is 1. The topological polar surface area (TPSA) is 49.6 Å². The lowest BCUT2D eigenvalue weighted by atomic mass is 10.2. The molecule has 6 nitrogen and oxygen atoms in total. The minimum Gasteiger partial charge on any atom is -0.368 e. The number of nitrogens with zero attached hydrogens (tertiary/aromatic N) is 6. The molecule has 0 atom stereocenters. The summed E-state index contributed by atoms with van der Waals surface area (Å²) in [7, 11) is 0. The molecule has 3 aromatic rings. The number of fused-ring (bicyclic) bond motifs is 1. The van der Waals surface area contributed by atoms with Crippen molar-refractivity contribution >= 4 is 28.8 Å². The van der Waals surface area contributed by atoms with Gasteiger partial charge in [-0.1, -0.05) is 23.7 Å². The molecule has 0 amide bonds. The first-order valence-corrected chi connectivity index (χ1v) is 8.09. The van der Waals surface area contributed by atoms with Crippen LogP contribution < -0.4 is 9.80 Å². The van der Waals surface area contributed by atoms with Gasteiger partial charge in [-0.15, -0.1) is 10.2 Å². The van der Waals surface area contributed by atoms with Crippen LogP contribution in [0.2, 0.25) is 5.02 Å². The molecule has 4 rings (SSSR count). The van der Waals surface area contributed by atoms with E-state index in [2.05, 4.69) is 31.0 Å². The number of rotatable bonds is 2. The first-order valence-electron chi connectivity index (χ1n) is 7.72. The van der Waals surface area contributed by atoms with Gasteiger partial charge >= 0.3 is 0 Å². The Labute approximate surface area is 139 Å². The maximum Gasteiger partial charge on any atom is 0.203 e. The number of aromatic nitrogens is 4. The zero-order chi connectivity index (χ0) is 15.6. The molecule has 0 spiro atoms. The summed E-state index contributed by atoms with van der Waals surface area (Å²) in [5.74, 6) is 0.894. The van der Waals surface area contributed by atoms with E-state index in [1.54, 1.807) is 12.5 Å². The molecule has 0 saturated carbocycles.